The number of nitrogens with two attached hydrogens (primary N) is 1. The van der Waals surface area contributed by atoms with Gasteiger partial charge in [-0.2, -0.15) is 4.99 Å². The molecule has 1 aromatic carbocycles. The van der Waals surface area contributed by atoms with Gasteiger partial charge in [-0.15, -0.1) is 0 Å². The van der Waals surface area contributed by atoms with E-state index in [9.17, 15) is 9.59 Å². The Morgan fingerprint density at radius 2 is 1.91 bits per heavy atom. The van der Waals surface area contributed by atoms with E-state index >= 15 is 0 Å². The molecule has 23 heavy (non-hydrogen) atoms. The smallest absolute Gasteiger partial charge is 0.436 e. The first-order valence-electron chi connectivity index (χ1n) is 7.53. The summed E-state index contributed by atoms with van der Waals surface area (Å²) in [7, 11) is 0. The molecule has 1 unspecified atom stereocenters. The summed E-state index contributed by atoms with van der Waals surface area (Å²) in [5.41, 5.74) is 6.67. The Balaban J connectivity index is 2.86. The molecule has 0 saturated heterocycles. The summed E-state index contributed by atoms with van der Waals surface area (Å²) < 4.78 is 10.2. The first kappa shape index (κ1) is 18.7. The SMILES string of the molecule is CCCC(OC=O)c1ccc(C(N)=NC(=O)OC(C)(C)C)cc1. The number of hydrogen-bond donors (Lipinski definition) is 1. The van der Waals surface area contributed by atoms with Crippen LogP contribution in [0.3, 0.4) is 0 Å². The van der Waals surface area contributed by atoms with Gasteiger partial charge in [-0.05, 0) is 32.8 Å². The minimum atomic E-state index is -0.729. The highest BCUT2D eigenvalue weighted by Gasteiger charge is 2.16. The van der Waals surface area contributed by atoms with Gasteiger partial charge in [-0.3, -0.25) is 4.79 Å². The number of amidine groups is 1. The van der Waals surface area contributed by atoms with Gasteiger partial charge in [0.05, 0.1) is 0 Å². The molecule has 0 aliphatic carbocycles. The van der Waals surface area contributed by atoms with Gasteiger partial charge in [0.2, 0.25) is 0 Å². The lowest BCUT2D eigenvalue weighted by molar-refractivity contribution is -0.134. The minimum Gasteiger partial charge on any atom is -0.460 e. The molecule has 2 N–H and O–H groups in total. The molecule has 0 bridgehead atoms. The Morgan fingerprint density at radius 3 is 2.39 bits per heavy atom. The molecule has 0 spiro atoms. The van der Waals surface area contributed by atoms with E-state index in [0.717, 1.165) is 18.4 Å². The number of rotatable bonds is 6. The van der Waals surface area contributed by atoms with Crippen LogP contribution >= 0.6 is 0 Å². The van der Waals surface area contributed by atoms with E-state index in [2.05, 4.69) is 4.99 Å². The number of ether oxygens (including phenoxy) is 2. The van der Waals surface area contributed by atoms with Gasteiger partial charge in [0.1, 0.15) is 17.5 Å². The van der Waals surface area contributed by atoms with Gasteiger partial charge in [0.25, 0.3) is 6.47 Å². The Kier molecular flexibility index (Phi) is 6.75. The molecule has 1 atom stereocenters. The molecule has 6 heteroatoms. The normalized spacial score (nSPS) is 13.3. The standard InChI is InChI=1S/C17H24N2O4/c1-5-6-14(22-11-20)12-7-9-13(10-8-12)15(18)19-16(21)23-17(2,3)4/h7-11,14H,5-6H2,1-4H3,(H2,18,19,21). The van der Waals surface area contributed by atoms with E-state index < -0.39 is 11.7 Å². The van der Waals surface area contributed by atoms with Gasteiger partial charge in [-0.25, -0.2) is 4.79 Å². The fourth-order valence-corrected chi connectivity index (χ4v) is 1.96. The summed E-state index contributed by atoms with van der Waals surface area (Å²) in [4.78, 5) is 25.9. The third-order valence-electron chi connectivity index (χ3n) is 2.95. The van der Waals surface area contributed by atoms with Gasteiger partial charge in [-0.1, -0.05) is 37.6 Å². The maximum atomic E-state index is 11.6. The van der Waals surface area contributed by atoms with Crippen LogP contribution in [0, 0.1) is 0 Å². The van der Waals surface area contributed by atoms with E-state index in [1.807, 2.05) is 6.92 Å². The number of aliphatic imine (C=N–C) groups is 1. The summed E-state index contributed by atoms with van der Waals surface area (Å²) in [6.45, 7) is 7.73. The summed E-state index contributed by atoms with van der Waals surface area (Å²) in [6.07, 6.45) is 0.616. The van der Waals surface area contributed by atoms with Crippen molar-refractivity contribution in [3.8, 4) is 0 Å². The zero-order valence-electron chi connectivity index (χ0n) is 14.0. The molecule has 0 radical (unpaired) electrons. The monoisotopic (exact) mass is 320 g/mol. The van der Waals surface area contributed by atoms with Crippen LogP contribution in [0.25, 0.3) is 0 Å². The number of hydrogen-bond acceptors (Lipinski definition) is 4. The second kappa shape index (κ2) is 8.31. The number of carbonyl (C=O) groups excluding carboxylic acids is 2. The first-order valence-corrected chi connectivity index (χ1v) is 7.53. The summed E-state index contributed by atoms with van der Waals surface area (Å²) in [5.74, 6) is 0.0779. The van der Waals surface area contributed by atoms with Crippen molar-refractivity contribution in [2.24, 2.45) is 10.7 Å². The Bertz CT molecular complexity index is 559. The third-order valence-corrected chi connectivity index (χ3v) is 2.95. The molecule has 1 aromatic rings. The van der Waals surface area contributed by atoms with E-state index in [4.69, 9.17) is 15.2 Å². The van der Waals surface area contributed by atoms with Crippen molar-refractivity contribution in [3.63, 3.8) is 0 Å². The molecule has 0 fully saturated rings. The van der Waals surface area contributed by atoms with E-state index in [1.165, 1.54) is 0 Å². The molecular formula is C17H24N2O4. The van der Waals surface area contributed by atoms with E-state index in [1.54, 1.807) is 45.0 Å². The topological polar surface area (TPSA) is 91.0 Å². The average molecular weight is 320 g/mol. The fraction of sp³-hybridized carbons (Fsp3) is 0.471. The van der Waals surface area contributed by atoms with E-state index in [-0.39, 0.29) is 11.9 Å². The number of benzene rings is 1. The second-order valence-corrected chi connectivity index (χ2v) is 6.11. The maximum Gasteiger partial charge on any atom is 0.436 e. The maximum absolute atomic E-state index is 11.6. The van der Waals surface area contributed by atoms with E-state index in [0.29, 0.717) is 12.0 Å². The minimum absolute atomic E-state index is 0.0779. The number of amides is 1. The molecule has 1 rings (SSSR count). The van der Waals surface area contributed by atoms with Gasteiger partial charge in [0.15, 0.2) is 0 Å². The highest BCUT2D eigenvalue weighted by molar-refractivity contribution is 6.02. The zero-order chi connectivity index (χ0) is 17.5. The van der Waals surface area contributed by atoms with Crippen LogP contribution in [0.15, 0.2) is 29.3 Å². The van der Waals surface area contributed by atoms with Gasteiger partial charge >= 0.3 is 6.09 Å². The lowest BCUT2D eigenvalue weighted by Crippen LogP contribution is -2.24. The lowest BCUT2D eigenvalue weighted by atomic mass is 10.0. The van der Waals surface area contributed by atoms with Gasteiger partial charge < -0.3 is 15.2 Å². The Labute approximate surface area is 136 Å². The van der Waals surface area contributed by atoms with Crippen molar-refractivity contribution < 1.29 is 19.1 Å². The molecule has 1 amide bonds. The van der Waals surface area contributed by atoms with Crippen LogP contribution in [-0.4, -0.2) is 24.0 Å². The lowest BCUT2D eigenvalue weighted by Gasteiger charge is -2.17. The molecule has 0 saturated carbocycles. The third kappa shape index (κ3) is 6.50. The summed E-state index contributed by atoms with van der Waals surface area (Å²) in [6, 6.07) is 7.07. The summed E-state index contributed by atoms with van der Waals surface area (Å²) >= 11 is 0. The second-order valence-electron chi connectivity index (χ2n) is 6.11. The predicted octanol–water partition coefficient (Wildman–Crippen LogP) is 3.34. The van der Waals surface area contributed by atoms with Crippen molar-refractivity contribution in [3.05, 3.63) is 35.4 Å². The molecular weight excluding hydrogens is 296 g/mol. The molecule has 126 valence electrons. The average Bonchev–Trinajstić information content (AvgIpc) is 2.45. The van der Waals surface area contributed by atoms with Crippen LogP contribution in [0.4, 0.5) is 4.79 Å². The van der Waals surface area contributed by atoms with Crippen LogP contribution in [0.5, 0.6) is 0 Å². The van der Waals surface area contributed by atoms with Crippen LogP contribution < -0.4 is 5.73 Å². The van der Waals surface area contributed by atoms with Crippen molar-refractivity contribution in [1.29, 1.82) is 0 Å². The molecule has 0 aliphatic rings. The van der Waals surface area contributed by atoms with Crippen LogP contribution in [-0.2, 0) is 14.3 Å². The first-order chi connectivity index (χ1) is 10.8. The summed E-state index contributed by atoms with van der Waals surface area (Å²) in [5, 5.41) is 0. The Morgan fingerprint density at radius 1 is 1.30 bits per heavy atom. The van der Waals surface area contributed by atoms with Crippen LogP contribution in [0.1, 0.15) is 57.8 Å². The van der Waals surface area contributed by atoms with Crippen molar-refractivity contribution >= 4 is 18.4 Å². The zero-order valence-corrected chi connectivity index (χ0v) is 14.0. The quantitative estimate of drug-likeness (QED) is 0.493. The predicted molar refractivity (Wildman–Crippen MR) is 88.2 cm³/mol. The molecule has 0 aliphatic heterocycles. The largest absolute Gasteiger partial charge is 0.460 e. The molecule has 6 nitrogen and oxygen atoms in total. The number of nitrogens with zero attached hydrogens (tertiary/aromatic N) is 1. The van der Waals surface area contributed by atoms with Crippen molar-refractivity contribution in [2.75, 3.05) is 0 Å². The highest BCUT2D eigenvalue weighted by Crippen LogP contribution is 2.22. The van der Waals surface area contributed by atoms with Gasteiger partial charge in [0, 0.05) is 5.56 Å². The van der Waals surface area contributed by atoms with Crippen molar-refractivity contribution in [2.45, 2.75) is 52.2 Å². The van der Waals surface area contributed by atoms with Crippen molar-refractivity contribution in [1.82, 2.24) is 0 Å². The fourth-order valence-electron chi connectivity index (χ4n) is 1.96. The highest BCUT2D eigenvalue weighted by atomic mass is 16.6. The number of carbonyl (C=O) groups is 2. The van der Waals surface area contributed by atoms with Crippen LogP contribution in [0.2, 0.25) is 0 Å². The molecule has 0 aromatic heterocycles. The Hall–Kier alpha value is -2.37. The molecule has 0 heterocycles.